The van der Waals surface area contributed by atoms with E-state index in [1.54, 1.807) is 0 Å². The topological polar surface area (TPSA) is 12.5 Å². The van der Waals surface area contributed by atoms with Gasteiger partial charge in [-0.2, -0.15) is 0 Å². The standard InChI is InChI=1S/C12H15Br2NO/c13-7-12-9-15(5-6-16-12)8-10-1-3-11(14)4-2-10/h1-4,12H,5-9H2. The quantitative estimate of drug-likeness (QED) is 0.778. The lowest BCUT2D eigenvalue weighted by Crippen LogP contribution is -2.42. The van der Waals surface area contributed by atoms with Crippen molar-refractivity contribution in [2.24, 2.45) is 0 Å². The number of hydrogen-bond donors (Lipinski definition) is 0. The van der Waals surface area contributed by atoms with Crippen molar-refractivity contribution in [1.82, 2.24) is 4.90 Å². The van der Waals surface area contributed by atoms with Crippen LogP contribution in [0.4, 0.5) is 0 Å². The van der Waals surface area contributed by atoms with Crippen LogP contribution in [-0.4, -0.2) is 36.0 Å². The number of halogens is 2. The Balaban J connectivity index is 1.91. The molecule has 1 atom stereocenters. The summed E-state index contributed by atoms with van der Waals surface area (Å²) in [7, 11) is 0. The molecular formula is C12H15Br2NO. The van der Waals surface area contributed by atoms with Crippen LogP contribution >= 0.6 is 31.9 Å². The Morgan fingerprint density at radius 2 is 2.06 bits per heavy atom. The van der Waals surface area contributed by atoms with Crippen molar-refractivity contribution in [3.8, 4) is 0 Å². The van der Waals surface area contributed by atoms with Gasteiger partial charge in [0.2, 0.25) is 0 Å². The Morgan fingerprint density at radius 1 is 1.31 bits per heavy atom. The monoisotopic (exact) mass is 347 g/mol. The average Bonchev–Trinajstić information content (AvgIpc) is 2.32. The van der Waals surface area contributed by atoms with Gasteiger partial charge in [0.25, 0.3) is 0 Å². The molecule has 0 aromatic heterocycles. The predicted molar refractivity (Wildman–Crippen MR) is 73.0 cm³/mol. The van der Waals surface area contributed by atoms with Gasteiger partial charge in [0.15, 0.2) is 0 Å². The van der Waals surface area contributed by atoms with E-state index in [1.807, 2.05) is 0 Å². The lowest BCUT2D eigenvalue weighted by atomic mass is 10.2. The highest BCUT2D eigenvalue weighted by atomic mass is 79.9. The van der Waals surface area contributed by atoms with E-state index in [4.69, 9.17) is 4.74 Å². The number of morpholine rings is 1. The number of ether oxygens (including phenoxy) is 1. The molecule has 2 nitrogen and oxygen atoms in total. The van der Waals surface area contributed by atoms with Crippen molar-refractivity contribution in [3.05, 3.63) is 34.3 Å². The van der Waals surface area contributed by atoms with Gasteiger partial charge in [-0.25, -0.2) is 0 Å². The lowest BCUT2D eigenvalue weighted by Gasteiger charge is -2.32. The molecule has 88 valence electrons. The maximum absolute atomic E-state index is 5.62. The molecule has 0 spiro atoms. The molecule has 1 unspecified atom stereocenters. The maximum Gasteiger partial charge on any atom is 0.0799 e. The van der Waals surface area contributed by atoms with Gasteiger partial charge in [-0.3, -0.25) is 4.90 Å². The molecule has 16 heavy (non-hydrogen) atoms. The molecule has 1 aliphatic heterocycles. The van der Waals surface area contributed by atoms with Gasteiger partial charge < -0.3 is 4.74 Å². The highest BCUT2D eigenvalue weighted by Gasteiger charge is 2.19. The molecule has 1 aliphatic rings. The number of nitrogens with zero attached hydrogens (tertiary/aromatic N) is 1. The molecule has 2 rings (SSSR count). The third-order valence-electron chi connectivity index (χ3n) is 2.71. The van der Waals surface area contributed by atoms with Gasteiger partial charge in [0.1, 0.15) is 0 Å². The van der Waals surface area contributed by atoms with Crippen molar-refractivity contribution in [1.29, 1.82) is 0 Å². The SMILES string of the molecule is BrCC1CN(Cc2ccc(Br)cc2)CCO1. The number of rotatable bonds is 3. The van der Waals surface area contributed by atoms with E-state index in [2.05, 4.69) is 61.0 Å². The van der Waals surface area contributed by atoms with Crippen molar-refractivity contribution in [3.63, 3.8) is 0 Å². The van der Waals surface area contributed by atoms with Gasteiger partial charge in [-0.05, 0) is 17.7 Å². The Bertz CT molecular complexity index is 328. The Kier molecular flexibility index (Phi) is 4.82. The first-order valence-electron chi connectivity index (χ1n) is 5.42. The van der Waals surface area contributed by atoms with Crippen LogP contribution in [0.15, 0.2) is 28.7 Å². The Hall–Kier alpha value is 0.1000. The van der Waals surface area contributed by atoms with Crippen LogP contribution in [0, 0.1) is 0 Å². The molecule has 1 saturated heterocycles. The fourth-order valence-electron chi connectivity index (χ4n) is 1.87. The summed E-state index contributed by atoms with van der Waals surface area (Å²) in [6, 6.07) is 8.53. The first-order valence-corrected chi connectivity index (χ1v) is 7.34. The first-order chi connectivity index (χ1) is 7.78. The fraction of sp³-hybridized carbons (Fsp3) is 0.500. The zero-order valence-corrected chi connectivity index (χ0v) is 12.2. The molecule has 1 heterocycles. The molecule has 0 saturated carbocycles. The predicted octanol–water partition coefficient (Wildman–Crippen LogP) is 3.04. The smallest absolute Gasteiger partial charge is 0.0799 e. The number of benzene rings is 1. The minimum Gasteiger partial charge on any atom is -0.375 e. The van der Waals surface area contributed by atoms with Crippen LogP contribution in [0.3, 0.4) is 0 Å². The van der Waals surface area contributed by atoms with Gasteiger partial charge in [-0.1, -0.05) is 44.0 Å². The highest BCUT2D eigenvalue weighted by molar-refractivity contribution is 9.10. The summed E-state index contributed by atoms with van der Waals surface area (Å²) in [6.07, 6.45) is 0.337. The number of alkyl halides is 1. The zero-order chi connectivity index (χ0) is 11.4. The fourth-order valence-corrected chi connectivity index (χ4v) is 2.52. The van der Waals surface area contributed by atoms with Crippen molar-refractivity contribution in [2.75, 3.05) is 25.0 Å². The van der Waals surface area contributed by atoms with E-state index in [1.165, 1.54) is 5.56 Å². The van der Waals surface area contributed by atoms with E-state index in [-0.39, 0.29) is 0 Å². The van der Waals surface area contributed by atoms with Gasteiger partial charge in [0.05, 0.1) is 12.7 Å². The van der Waals surface area contributed by atoms with Crippen LogP contribution in [0.2, 0.25) is 0 Å². The summed E-state index contributed by atoms with van der Waals surface area (Å²) in [6.45, 7) is 3.90. The molecule has 0 radical (unpaired) electrons. The third kappa shape index (κ3) is 3.55. The van der Waals surface area contributed by atoms with Gasteiger partial charge >= 0.3 is 0 Å². The molecule has 0 N–H and O–H groups in total. The van der Waals surface area contributed by atoms with Crippen molar-refractivity contribution in [2.45, 2.75) is 12.6 Å². The van der Waals surface area contributed by atoms with E-state index in [9.17, 15) is 0 Å². The summed E-state index contributed by atoms with van der Waals surface area (Å²) in [5, 5.41) is 0.920. The Labute approximate surface area is 113 Å². The second-order valence-corrected chi connectivity index (χ2v) is 5.57. The molecule has 1 aromatic rings. The third-order valence-corrected chi connectivity index (χ3v) is 3.97. The minimum atomic E-state index is 0.337. The van der Waals surface area contributed by atoms with Crippen LogP contribution in [0.25, 0.3) is 0 Å². The first kappa shape index (κ1) is 12.6. The maximum atomic E-state index is 5.62. The summed E-state index contributed by atoms with van der Waals surface area (Å²) < 4.78 is 6.75. The normalized spacial score (nSPS) is 22.2. The lowest BCUT2D eigenvalue weighted by molar-refractivity contribution is -0.0181. The van der Waals surface area contributed by atoms with E-state index < -0.39 is 0 Å². The molecule has 1 aromatic carbocycles. The largest absolute Gasteiger partial charge is 0.375 e. The molecule has 0 bridgehead atoms. The van der Waals surface area contributed by atoms with Crippen LogP contribution in [0.1, 0.15) is 5.56 Å². The highest BCUT2D eigenvalue weighted by Crippen LogP contribution is 2.14. The summed E-state index contributed by atoms with van der Waals surface area (Å²) in [5.74, 6) is 0. The van der Waals surface area contributed by atoms with Crippen molar-refractivity contribution >= 4 is 31.9 Å². The van der Waals surface area contributed by atoms with Crippen LogP contribution in [-0.2, 0) is 11.3 Å². The van der Waals surface area contributed by atoms with Crippen LogP contribution < -0.4 is 0 Å². The van der Waals surface area contributed by atoms with Crippen LogP contribution in [0.5, 0.6) is 0 Å². The number of hydrogen-bond acceptors (Lipinski definition) is 2. The molecular weight excluding hydrogens is 334 g/mol. The van der Waals surface area contributed by atoms with E-state index >= 15 is 0 Å². The molecule has 1 fully saturated rings. The summed E-state index contributed by atoms with van der Waals surface area (Å²) in [5.41, 5.74) is 1.36. The molecule has 0 amide bonds. The van der Waals surface area contributed by atoms with Gasteiger partial charge in [0, 0.05) is 29.4 Å². The van der Waals surface area contributed by atoms with E-state index in [0.29, 0.717) is 6.10 Å². The molecule has 4 heteroatoms. The summed E-state index contributed by atoms with van der Waals surface area (Å²) in [4.78, 5) is 2.44. The van der Waals surface area contributed by atoms with Crippen molar-refractivity contribution < 1.29 is 4.74 Å². The van der Waals surface area contributed by atoms with E-state index in [0.717, 1.165) is 36.0 Å². The second-order valence-electron chi connectivity index (χ2n) is 4.01. The summed E-state index contributed by atoms with van der Waals surface area (Å²) >= 11 is 6.93. The Morgan fingerprint density at radius 3 is 2.75 bits per heavy atom. The second kappa shape index (κ2) is 6.15. The zero-order valence-electron chi connectivity index (χ0n) is 9.03. The average molecular weight is 349 g/mol. The minimum absolute atomic E-state index is 0.337. The van der Waals surface area contributed by atoms with Gasteiger partial charge in [-0.15, -0.1) is 0 Å². The molecule has 0 aliphatic carbocycles.